The number of imidazole rings is 1. The minimum absolute atomic E-state index is 0.626. The molecule has 136 valence electrons. The van der Waals surface area contributed by atoms with Crippen molar-refractivity contribution in [2.45, 2.75) is 32.1 Å². The summed E-state index contributed by atoms with van der Waals surface area (Å²) in [7, 11) is 0. The van der Waals surface area contributed by atoms with E-state index in [0.29, 0.717) is 10.8 Å². The number of nitrogens with two attached hydrogens (primary N) is 1. The highest BCUT2D eigenvalue weighted by molar-refractivity contribution is 9.10. The molecule has 2 aromatic heterocycles. The normalized spacial score (nSPS) is 15.5. The number of halogens is 2. The second-order valence-corrected chi connectivity index (χ2v) is 8.18. The number of fused-ring (bicyclic) bond motifs is 1. The van der Waals surface area contributed by atoms with Crippen molar-refractivity contribution in [3.63, 3.8) is 0 Å². The van der Waals surface area contributed by atoms with Crippen LogP contribution >= 0.6 is 27.5 Å². The van der Waals surface area contributed by atoms with E-state index < -0.39 is 0 Å². The maximum atomic E-state index is 6.48. The smallest absolute Gasteiger partial charge is 0.162 e. The zero-order valence-electron chi connectivity index (χ0n) is 14.5. The van der Waals surface area contributed by atoms with E-state index in [4.69, 9.17) is 17.3 Å². The molecule has 1 aliphatic rings. The molecule has 6 heteroatoms. The molecule has 0 aliphatic heterocycles. The molecule has 0 saturated heterocycles. The van der Waals surface area contributed by atoms with Gasteiger partial charge in [-0.05, 0) is 46.8 Å². The van der Waals surface area contributed by atoms with Crippen molar-refractivity contribution in [3.8, 4) is 11.1 Å². The van der Waals surface area contributed by atoms with Crippen LogP contribution < -0.4 is 11.1 Å². The summed E-state index contributed by atoms with van der Waals surface area (Å²) in [6.07, 6.45) is 8.43. The van der Waals surface area contributed by atoms with E-state index in [1.165, 1.54) is 32.1 Å². The Balaban J connectivity index is 1.76. The van der Waals surface area contributed by atoms with Crippen LogP contribution in [-0.4, -0.2) is 15.9 Å². The minimum Gasteiger partial charge on any atom is -0.384 e. The lowest BCUT2D eigenvalue weighted by atomic mass is 9.89. The van der Waals surface area contributed by atoms with Crippen molar-refractivity contribution < 1.29 is 0 Å². The van der Waals surface area contributed by atoms with Crippen LogP contribution in [0.15, 0.2) is 41.1 Å². The van der Waals surface area contributed by atoms with Crippen LogP contribution in [0.4, 0.5) is 11.5 Å². The SMILES string of the molecule is Nc1c(-c2ccccc2Cl)cc(NCC2CCCCC2)c2ncc(Br)n12. The number of hydrogen-bond donors (Lipinski definition) is 2. The number of hydrogen-bond acceptors (Lipinski definition) is 3. The van der Waals surface area contributed by atoms with Crippen LogP contribution in [0.1, 0.15) is 32.1 Å². The fraction of sp³-hybridized carbons (Fsp3) is 0.350. The highest BCUT2D eigenvalue weighted by Crippen LogP contribution is 2.37. The summed E-state index contributed by atoms with van der Waals surface area (Å²) in [6.45, 7) is 0.964. The van der Waals surface area contributed by atoms with Crippen LogP contribution in [0, 0.1) is 5.92 Å². The second-order valence-electron chi connectivity index (χ2n) is 6.96. The maximum Gasteiger partial charge on any atom is 0.162 e. The Hall–Kier alpha value is -1.72. The molecule has 0 spiro atoms. The summed E-state index contributed by atoms with van der Waals surface area (Å²) in [5.41, 5.74) is 10.1. The van der Waals surface area contributed by atoms with Crippen LogP contribution in [-0.2, 0) is 0 Å². The van der Waals surface area contributed by atoms with Gasteiger partial charge in [-0.1, -0.05) is 49.1 Å². The number of anilines is 2. The zero-order chi connectivity index (χ0) is 18.1. The molecule has 4 nitrogen and oxygen atoms in total. The Morgan fingerprint density at radius 3 is 2.73 bits per heavy atom. The predicted molar refractivity (Wildman–Crippen MR) is 113 cm³/mol. The van der Waals surface area contributed by atoms with E-state index in [9.17, 15) is 0 Å². The Kier molecular flexibility index (Phi) is 5.09. The van der Waals surface area contributed by atoms with Gasteiger partial charge in [-0.15, -0.1) is 0 Å². The number of pyridine rings is 1. The van der Waals surface area contributed by atoms with E-state index in [2.05, 4.69) is 32.3 Å². The lowest BCUT2D eigenvalue weighted by molar-refractivity contribution is 0.373. The summed E-state index contributed by atoms with van der Waals surface area (Å²) in [6, 6.07) is 9.86. The molecule has 1 fully saturated rings. The number of benzene rings is 1. The average Bonchev–Trinajstić information content (AvgIpc) is 3.05. The van der Waals surface area contributed by atoms with Crippen molar-refractivity contribution >= 4 is 44.7 Å². The van der Waals surface area contributed by atoms with Gasteiger partial charge in [-0.3, -0.25) is 4.40 Å². The number of aromatic nitrogens is 2. The molecule has 1 saturated carbocycles. The summed E-state index contributed by atoms with van der Waals surface area (Å²) >= 11 is 10.00. The fourth-order valence-corrected chi connectivity index (χ4v) is 4.52. The van der Waals surface area contributed by atoms with Crippen molar-refractivity contribution in [2.75, 3.05) is 17.6 Å². The third-order valence-electron chi connectivity index (χ3n) is 5.24. The zero-order valence-corrected chi connectivity index (χ0v) is 16.9. The number of rotatable bonds is 4. The van der Waals surface area contributed by atoms with E-state index in [1.54, 1.807) is 6.20 Å². The summed E-state index contributed by atoms with van der Waals surface area (Å²) < 4.78 is 2.77. The van der Waals surface area contributed by atoms with Gasteiger partial charge in [0.25, 0.3) is 0 Å². The van der Waals surface area contributed by atoms with Crippen LogP contribution in [0.5, 0.6) is 0 Å². The van der Waals surface area contributed by atoms with Crippen molar-refractivity contribution in [3.05, 3.63) is 46.2 Å². The number of nitrogens with one attached hydrogen (secondary N) is 1. The first-order chi connectivity index (χ1) is 12.6. The van der Waals surface area contributed by atoms with E-state index >= 15 is 0 Å². The van der Waals surface area contributed by atoms with Crippen LogP contribution in [0.25, 0.3) is 16.8 Å². The Morgan fingerprint density at radius 2 is 1.96 bits per heavy atom. The van der Waals surface area contributed by atoms with Gasteiger partial charge in [-0.25, -0.2) is 4.98 Å². The Labute approximate surface area is 166 Å². The summed E-state index contributed by atoms with van der Waals surface area (Å²) in [5.74, 6) is 1.35. The standard InChI is InChI=1S/C20H22BrClN4/c21-18-12-25-20-17(24-11-13-6-2-1-3-7-13)10-15(19(23)26(18)20)14-8-4-5-9-16(14)22/h4-5,8-10,12-13,24H,1-3,6-7,11,23H2. The van der Waals surface area contributed by atoms with E-state index in [-0.39, 0.29) is 0 Å². The largest absolute Gasteiger partial charge is 0.384 e. The fourth-order valence-electron chi connectivity index (χ4n) is 3.82. The average molecular weight is 434 g/mol. The molecule has 26 heavy (non-hydrogen) atoms. The molecule has 0 unspecified atom stereocenters. The van der Waals surface area contributed by atoms with Gasteiger partial charge in [0, 0.05) is 22.7 Å². The maximum absolute atomic E-state index is 6.48. The molecule has 4 rings (SSSR count). The summed E-state index contributed by atoms with van der Waals surface area (Å²) in [5, 5.41) is 4.31. The molecule has 3 N–H and O–H groups in total. The number of nitrogen functional groups attached to an aromatic ring is 1. The van der Waals surface area contributed by atoms with Gasteiger partial charge in [0.15, 0.2) is 5.65 Å². The molecule has 0 atom stereocenters. The van der Waals surface area contributed by atoms with Gasteiger partial charge >= 0.3 is 0 Å². The van der Waals surface area contributed by atoms with E-state index in [1.807, 2.05) is 28.7 Å². The van der Waals surface area contributed by atoms with Gasteiger partial charge in [0.1, 0.15) is 10.4 Å². The molecule has 2 heterocycles. The van der Waals surface area contributed by atoms with Gasteiger partial charge in [-0.2, -0.15) is 0 Å². The summed E-state index contributed by atoms with van der Waals surface area (Å²) in [4.78, 5) is 4.54. The van der Waals surface area contributed by atoms with E-state index in [0.717, 1.165) is 39.5 Å². The molecular formula is C20H22BrClN4. The second kappa shape index (κ2) is 7.49. The molecule has 3 aromatic rings. The first-order valence-electron chi connectivity index (χ1n) is 9.09. The van der Waals surface area contributed by atoms with Crippen LogP contribution in [0.2, 0.25) is 5.02 Å². The first-order valence-corrected chi connectivity index (χ1v) is 10.3. The highest BCUT2D eigenvalue weighted by Gasteiger charge is 2.18. The topological polar surface area (TPSA) is 55.3 Å². The quantitative estimate of drug-likeness (QED) is 0.531. The van der Waals surface area contributed by atoms with Crippen molar-refractivity contribution in [1.82, 2.24) is 9.38 Å². The Bertz CT molecular complexity index is 931. The molecular weight excluding hydrogens is 412 g/mol. The number of nitrogens with zero attached hydrogens (tertiary/aromatic N) is 2. The third kappa shape index (κ3) is 3.30. The van der Waals surface area contributed by atoms with Gasteiger partial charge in [0.05, 0.1) is 11.9 Å². The third-order valence-corrected chi connectivity index (χ3v) is 6.12. The molecule has 0 amide bonds. The molecule has 0 radical (unpaired) electrons. The Morgan fingerprint density at radius 1 is 1.19 bits per heavy atom. The predicted octanol–water partition coefficient (Wildman–Crippen LogP) is 5.99. The monoisotopic (exact) mass is 432 g/mol. The first kappa shape index (κ1) is 17.7. The van der Waals surface area contributed by atoms with Crippen LogP contribution in [0.3, 0.4) is 0 Å². The van der Waals surface area contributed by atoms with Gasteiger partial charge in [0.2, 0.25) is 0 Å². The van der Waals surface area contributed by atoms with Crippen molar-refractivity contribution in [1.29, 1.82) is 0 Å². The van der Waals surface area contributed by atoms with Gasteiger partial charge < -0.3 is 11.1 Å². The molecule has 1 aliphatic carbocycles. The minimum atomic E-state index is 0.626. The lowest BCUT2D eigenvalue weighted by Gasteiger charge is -2.23. The molecule has 1 aromatic carbocycles. The lowest BCUT2D eigenvalue weighted by Crippen LogP contribution is -2.18. The highest BCUT2D eigenvalue weighted by atomic mass is 79.9. The van der Waals surface area contributed by atoms with Crippen molar-refractivity contribution in [2.24, 2.45) is 5.92 Å². The molecule has 0 bridgehead atoms.